The normalized spacial score (nSPS) is 10.1. The first kappa shape index (κ1) is 15.9. The lowest BCUT2D eigenvalue weighted by Gasteiger charge is -2.19. The first-order valence-electron chi connectivity index (χ1n) is 6.56. The number of likely N-dealkylation sites (N-methyl/N-ethyl adjacent to an activating group) is 1. The van der Waals surface area contributed by atoms with Gasteiger partial charge < -0.3 is 15.3 Å². The van der Waals surface area contributed by atoms with Gasteiger partial charge in [-0.15, -0.1) is 0 Å². The number of hydrogen-bond donors (Lipinski definition) is 2. The van der Waals surface area contributed by atoms with Crippen molar-refractivity contribution in [2.24, 2.45) is 0 Å². The van der Waals surface area contributed by atoms with Crippen LogP contribution < -0.4 is 10.2 Å². The second-order valence-corrected chi connectivity index (χ2v) is 5.17. The molecule has 0 aliphatic heterocycles. The lowest BCUT2D eigenvalue weighted by atomic mass is 10.2. The molecule has 0 radical (unpaired) electrons. The van der Waals surface area contributed by atoms with E-state index in [0.29, 0.717) is 5.02 Å². The van der Waals surface area contributed by atoms with Crippen molar-refractivity contribution in [3.8, 4) is 0 Å². The molecule has 0 atom stereocenters. The number of hydrogen-bond acceptors (Lipinski definition) is 3. The maximum absolute atomic E-state index is 12.1. The highest BCUT2D eigenvalue weighted by Gasteiger charge is 2.13. The maximum atomic E-state index is 12.1. The molecular formula is C16H15ClN2O3. The zero-order valence-electron chi connectivity index (χ0n) is 11.9. The summed E-state index contributed by atoms with van der Waals surface area (Å²) < 4.78 is 0. The first-order chi connectivity index (χ1) is 10.5. The smallest absolute Gasteiger partial charge is 0.337 e. The third-order valence-corrected chi connectivity index (χ3v) is 3.33. The van der Waals surface area contributed by atoms with Crippen molar-refractivity contribution in [3.05, 3.63) is 59.1 Å². The number of aromatic carboxylic acids is 1. The quantitative estimate of drug-likeness (QED) is 0.888. The van der Waals surface area contributed by atoms with Crippen molar-refractivity contribution in [3.63, 3.8) is 0 Å². The van der Waals surface area contributed by atoms with Crippen LogP contribution in [-0.2, 0) is 4.79 Å². The highest BCUT2D eigenvalue weighted by atomic mass is 35.5. The number of halogens is 1. The number of rotatable bonds is 5. The molecule has 0 saturated carbocycles. The van der Waals surface area contributed by atoms with Crippen molar-refractivity contribution in [1.82, 2.24) is 0 Å². The summed E-state index contributed by atoms with van der Waals surface area (Å²) in [6, 6.07) is 13.4. The van der Waals surface area contributed by atoms with E-state index in [0.717, 1.165) is 5.69 Å². The molecule has 0 fully saturated rings. The Hall–Kier alpha value is -2.53. The summed E-state index contributed by atoms with van der Waals surface area (Å²) in [5.74, 6) is -1.38. The number of anilines is 2. The van der Waals surface area contributed by atoms with E-state index in [1.54, 1.807) is 54.4 Å². The van der Waals surface area contributed by atoms with E-state index in [4.69, 9.17) is 16.7 Å². The zero-order valence-corrected chi connectivity index (χ0v) is 12.7. The monoisotopic (exact) mass is 318 g/mol. The Balaban J connectivity index is 2.04. The Morgan fingerprint density at radius 1 is 1.14 bits per heavy atom. The Bertz CT molecular complexity index is 686. The van der Waals surface area contributed by atoms with Crippen LogP contribution in [0.3, 0.4) is 0 Å². The molecular weight excluding hydrogens is 304 g/mol. The number of carbonyl (C=O) groups excluding carboxylic acids is 1. The predicted octanol–water partition coefficient (Wildman–Crippen LogP) is 3.11. The SMILES string of the molecule is CN(CC(=O)Nc1ccccc1C(=O)O)c1ccc(Cl)cc1. The third-order valence-electron chi connectivity index (χ3n) is 3.08. The van der Waals surface area contributed by atoms with Gasteiger partial charge in [-0.05, 0) is 36.4 Å². The number of benzene rings is 2. The largest absolute Gasteiger partial charge is 0.478 e. The van der Waals surface area contributed by atoms with Gasteiger partial charge in [0.25, 0.3) is 0 Å². The number of carboxylic acid groups (broad SMARTS) is 1. The van der Waals surface area contributed by atoms with Gasteiger partial charge in [0.15, 0.2) is 0 Å². The van der Waals surface area contributed by atoms with E-state index in [2.05, 4.69) is 5.32 Å². The predicted molar refractivity (Wildman–Crippen MR) is 86.8 cm³/mol. The molecule has 0 aliphatic rings. The van der Waals surface area contributed by atoms with Gasteiger partial charge >= 0.3 is 5.97 Å². The minimum Gasteiger partial charge on any atom is -0.478 e. The maximum Gasteiger partial charge on any atom is 0.337 e. The number of para-hydroxylation sites is 1. The lowest BCUT2D eigenvalue weighted by Crippen LogP contribution is -2.30. The molecule has 0 saturated heterocycles. The van der Waals surface area contributed by atoms with Gasteiger partial charge in [-0.25, -0.2) is 4.79 Å². The minimum atomic E-state index is -1.08. The molecule has 6 heteroatoms. The molecule has 5 nitrogen and oxygen atoms in total. The third kappa shape index (κ3) is 3.99. The molecule has 114 valence electrons. The van der Waals surface area contributed by atoms with Crippen molar-refractivity contribution >= 4 is 34.9 Å². The standard InChI is InChI=1S/C16H15ClN2O3/c1-19(12-8-6-11(17)7-9-12)10-15(20)18-14-5-3-2-4-13(14)16(21)22/h2-9H,10H2,1H3,(H,18,20)(H,21,22). The average molecular weight is 319 g/mol. The molecule has 22 heavy (non-hydrogen) atoms. The van der Waals surface area contributed by atoms with E-state index in [-0.39, 0.29) is 23.7 Å². The van der Waals surface area contributed by atoms with Crippen LogP contribution in [0.15, 0.2) is 48.5 Å². The van der Waals surface area contributed by atoms with Gasteiger partial charge in [-0.3, -0.25) is 4.79 Å². The molecule has 0 aliphatic carbocycles. The number of amides is 1. The van der Waals surface area contributed by atoms with Gasteiger partial charge in [0.05, 0.1) is 17.8 Å². The number of carboxylic acids is 1. The van der Waals surface area contributed by atoms with Crippen molar-refractivity contribution in [1.29, 1.82) is 0 Å². The molecule has 2 aromatic rings. The summed E-state index contributed by atoms with van der Waals surface area (Å²) in [4.78, 5) is 24.9. The Labute approximate surface area is 133 Å². The van der Waals surface area contributed by atoms with Crippen LogP contribution in [0.25, 0.3) is 0 Å². The molecule has 2 aromatic carbocycles. The zero-order chi connectivity index (χ0) is 16.1. The van der Waals surface area contributed by atoms with E-state index < -0.39 is 5.97 Å². The number of nitrogens with zero attached hydrogens (tertiary/aromatic N) is 1. The van der Waals surface area contributed by atoms with Gasteiger partial charge in [0, 0.05) is 17.8 Å². The van der Waals surface area contributed by atoms with Gasteiger partial charge in [-0.2, -0.15) is 0 Å². The van der Waals surface area contributed by atoms with E-state index in [1.807, 2.05) is 0 Å². The number of carbonyl (C=O) groups is 2. The molecule has 0 heterocycles. The van der Waals surface area contributed by atoms with Crippen LogP contribution in [0.4, 0.5) is 11.4 Å². The summed E-state index contributed by atoms with van der Waals surface area (Å²) >= 11 is 5.82. The van der Waals surface area contributed by atoms with E-state index >= 15 is 0 Å². The molecule has 2 N–H and O–H groups in total. The minimum absolute atomic E-state index is 0.0602. The fourth-order valence-electron chi connectivity index (χ4n) is 1.97. The van der Waals surface area contributed by atoms with Crippen molar-refractivity contribution in [2.45, 2.75) is 0 Å². The van der Waals surface area contributed by atoms with Gasteiger partial charge in [0.2, 0.25) is 5.91 Å². The molecule has 2 rings (SSSR count). The van der Waals surface area contributed by atoms with E-state index in [1.165, 1.54) is 6.07 Å². The van der Waals surface area contributed by atoms with E-state index in [9.17, 15) is 9.59 Å². The molecule has 0 bridgehead atoms. The molecule has 1 amide bonds. The lowest BCUT2D eigenvalue weighted by molar-refractivity contribution is -0.114. The van der Waals surface area contributed by atoms with Crippen LogP contribution >= 0.6 is 11.6 Å². The molecule has 0 spiro atoms. The van der Waals surface area contributed by atoms with Crippen LogP contribution in [0.5, 0.6) is 0 Å². The van der Waals surface area contributed by atoms with Crippen LogP contribution in [0.1, 0.15) is 10.4 Å². The second kappa shape index (κ2) is 6.95. The fraction of sp³-hybridized carbons (Fsp3) is 0.125. The summed E-state index contributed by atoms with van der Waals surface area (Å²) in [5.41, 5.74) is 1.18. The fourth-order valence-corrected chi connectivity index (χ4v) is 2.10. The topological polar surface area (TPSA) is 69.6 Å². The summed E-state index contributed by atoms with van der Waals surface area (Å²) in [6.45, 7) is 0.0928. The van der Waals surface area contributed by atoms with Gasteiger partial charge in [0.1, 0.15) is 0 Å². The molecule has 0 aromatic heterocycles. The van der Waals surface area contributed by atoms with Crippen molar-refractivity contribution < 1.29 is 14.7 Å². The second-order valence-electron chi connectivity index (χ2n) is 4.73. The summed E-state index contributed by atoms with van der Waals surface area (Å²) in [5, 5.41) is 12.3. The highest BCUT2D eigenvalue weighted by Crippen LogP contribution is 2.18. The first-order valence-corrected chi connectivity index (χ1v) is 6.94. The Kier molecular flexibility index (Phi) is 5.01. The summed E-state index contributed by atoms with van der Waals surface area (Å²) in [6.07, 6.45) is 0. The van der Waals surface area contributed by atoms with Crippen molar-refractivity contribution in [2.75, 3.05) is 23.8 Å². The molecule has 0 unspecified atom stereocenters. The van der Waals surface area contributed by atoms with Crippen LogP contribution in [0, 0.1) is 0 Å². The Morgan fingerprint density at radius 2 is 1.77 bits per heavy atom. The van der Waals surface area contributed by atoms with Gasteiger partial charge in [-0.1, -0.05) is 23.7 Å². The average Bonchev–Trinajstić information content (AvgIpc) is 2.48. The number of nitrogens with one attached hydrogen (secondary N) is 1. The summed E-state index contributed by atoms with van der Waals surface area (Å²) in [7, 11) is 1.77. The highest BCUT2D eigenvalue weighted by molar-refractivity contribution is 6.30. The Morgan fingerprint density at radius 3 is 2.41 bits per heavy atom. The van der Waals surface area contributed by atoms with Crippen LogP contribution in [0.2, 0.25) is 5.02 Å². The van der Waals surface area contributed by atoms with Crippen LogP contribution in [-0.4, -0.2) is 30.6 Å².